The molecule has 2 nitrogen and oxygen atoms in total. The van der Waals surface area contributed by atoms with Crippen LogP contribution in [0.1, 0.15) is 30.5 Å². The summed E-state index contributed by atoms with van der Waals surface area (Å²) in [7, 11) is 0. The first kappa shape index (κ1) is 11.7. The van der Waals surface area contributed by atoms with E-state index in [2.05, 4.69) is 43.4 Å². The van der Waals surface area contributed by atoms with Gasteiger partial charge in [-0.1, -0.05) is 23.8 Å². The Morgan fingerprint density at radius 2 is 2.00 bits per heavy atom. The van der Waals surface area contributed by atoms with Crippen LogP contribution in [0.5, 0.6) is 0 Å². The number of rotatable bonds is 3. The minimum atomic E-state index is -0.462. The maximum atomic E-state index is 8.88. The fourth-order valence-corrected chi connectivity index (χ4v) is 1.35. The Morgan fingerprint density at radius 1 is 1.33 bits per heavy atom. The molecule has 0 fully saturated rings. The summed E-state index contributed by atoms with van der Waals surface area (Å²) in [6, 6.07) is 8.62. The van der Waals surface area contributed by atoms with E-state index < -0.39 is 5.54 Å². The first-order chi connectivity index (χ1) is 6.94. The standard InChI is InChI=1S/C13H18N2/c1-10-5-6-11(2)12(7-10)8-15-13(3,4)9-14/h5-7,15H,8H2,1-4H3. The fourth-order valence-electron chi connectivity index (χ4n) is 1.35. The van der Waals surface area contributed by atoms with Crippen molar-refractivity contribution < 1.29 is 0 Å². The Kier molecular flexibility index (Phi) is 3.49. The first-order valence-electron chi connectivity index (χ1n) is 5.17. The van der Waals surface area contributed by atoms with E-state index in [1.165, 1.54) is 16.7 Å². The molecule has 15 heavy (non-hydrogen) atoms. The number of hydrogen-bond acceptors (Lipinski definition) is 2. The molecule has 0 heterocycles. The molecule has 0 atom stereocenters. The molecule has 0 aliphatic rings. The van der Waals surface area contributed by atoms with Crippen LogP contribution >= 0.6 is 0 Å². The Bertz CT molecular complexity index is 386. The smallest absolute Gasteiger partial charge is 0.101 e. The van der Waals surface area contributed by atoms with E-state index in [-0.39, 0.29) is 0 Å². The van der Waals surface area contributed by atoms with E-state index >= 15 is 0 Å². The van der Waals surface area contributed by atoms with Crippen molar-refractivity contribution in [1.29, 1.82) is 5.26 Å². The summed E-state index contributed by atoms with van der Waals surface area (Å²) in [6.45, 7) is 8.69. The molecule has 0 aromatic heterocycles. The van der Waals surface area contributed by atoms with E-state index in [0.717, 1.165) is 6.54 Å². The van der Waals surface area contributed by atoms with Gasteiger partial charge in [0.2, 0.25) is 0 Å². The Labute approximate surface area is 91.9 Å². The van der Waals surface area contributed by atoms with Crippen LogP contribution in [0.2, 0.25) is 0 Å². The highest BCUT2D eigenvalue weighted by Gasteiger charge is 2.15. The number of nitriles is 1. The summed E-state index contributed by atoms with van der Waals surface area (Å²) in [5, 5.41) is 12.1. The second-order valence-electron chi connectivity index (χ2n) is 4.52. The molecule has 0 unspecified atom stereocenters. The predicted octanol–water partition coefficient (Wildman–Crippen LogP) is 2.70. The van der Waals surface area contributed by atoms with E-state index in [1.807, 2.05) is 13.8 Å². The third kappa shape index (κ3) is 3.38. The molecule has 0 aliphatic heterocycles. The number of benzene rings is 1. The average molecular weight is 202 g/mol. The molecule has 0 saturated heterocycles. The number of aryl methyl sites for hydroxylation is 2. The van der Waals surface area contributed by atoms with Crippen molar-refractivity contribution in [3.63, 3.8) is 0 Å². The third-order valence-corrected chi connectivity index (χ3v) is 2.50. The molecule has 0 amide bonds. The zero-order valence-electron chi connectivity index (χ0n) is 9.89. The molecule has 1 rings (SSSR count). The van der Waals surface area contributed by atoms with Crippen LogP contribution in [0.25, 0.3) is 0 Å². The molecule has 80 valence electrons. The third-order valence-electron chi connectivity index (χ3n) is 2.50. The molecule has 0 saturated carbocycles. The Balaban J connectivity index is 2.74. The lowest BCUT2D eigenvalue weighted by atomic mass is 10.0. The second kappa shape index (κ2) is 4.46. The first-order valence-corrected chi connectivity index (χ1v) is 5.17. The van der Waals surface area contributed by atoms with Gasteiger partial charge in [0.1, 0.15) is 5.54 Å². The number of nitrogens with zero attached hydrogens (tertiary/aromatic N) is 1. The van der Waals surface area contributed by atoms with E-state index in [1.54, 1.807) is 0 Å². The molecule has 0 radical (unpaired) electrons. The number of nitrogens with one attached hydrogen (secondary N) is 1. The van der Waals surface area contributed by atoms with E-state index in [4.69, 9.17) is 5.26 Å². The normalized spacial score (nSPS) is 11.1. The minimum Gasteiger partial charge on any atom is -0.296 e. The van der Waals surface area contributed by atoms with Crippen molar-refractivity contribution in [3.05, 3.63) is 34.9 Å². The van der Waals surface area contributed by atoms with Crippen LogP contribution in [0, 0.1) is 25.2 Å². The van der Waals surface area contributed by atoms with Gasteiger partial charge in [-0.05, 0) is 38.8 Å². The van der Waals surface area contributed by atoms with Gasteiger partial charge in [0.25, 0.3) is 0 Å². The lowest BCUT2D eigenvalue weighted by Crippen LogP contribution is -2.37. The van der Waals surface area contributed by atoms with Crippen LogP contribution in [0.15, 0.2) is 18.2 Å². The van der Waals surface area contributed by atoms with Gasteiger partial charge < -0.3 is 0 Å². The SMILES string of the molecule is Cc1ccc(C)c(CNC(C)(C)C#N)c1. The topological polar surface area (TPSA) is 35.8 Å². The van der Waals surface area contributed by atoms with Gasteiger partial charge in [0, 0.05) is 6.54 Å². The van der Waals surface area contributed by atoms with Gasteiger partial charge >= 0.3 is 0 Å². The van der Waals surface area contributed by atoms with Gasteiger partial charge in [-0.2, -0.15) is 5.26 Å². The van der Waals surface area contributed by atoms with Gasteiger partial charge in [-0.15, -0.1) is 0 Å². The molecule has 1 aromatic carbocycles. The molecule has 0 aliphatic carbocycles. The van der Waals surface area contributed by atoms with Gasteiger partial charge in [0.15, 0.2) is 0 Å². The van der Waals surface area contributed by atoms with Crippen LogP contribution in [-0.4, -0.2) is 5.54 Å². The summed E-state index contributed by atoms with van der Waals surface area (Å²) < 4.78 is 0. The monoisotopic (exact) mass is 202 g/mol. The predicted molar refractivity (Wildman–Crippen MR) is 62.4 cm³/mol. The second-order valence-corrected chi connectivity index (χ2v) is 4.52. The van der Waals surface area contributed by atoms with Crippen molar-refractivity contribution in [1.82, 2.24) is 5.32 Å². The lowest BCUT2D eigenvalue weighted by Gasteiger charge is -2.18. The summed E-state index contributed by atoms with van der Waals surface area (Å²) in [5.41, 5.74) is 3.32. The molecule has 0 spiro atoms. The van der Waals surface area contributed by atoms with Crippen molar-refractivity contribution in [2.45, 2.75) is 39.8 Å². The van der Waals surface area contributed by atoms with E-state index in [0.29, 0.717) is 0 Å². The minimum absolute atomic E-state index is 0.462. The summed E-state index contributed by atoms with van der Waals surface area (Å²) in [5.74, 6) is 0. The fraction of sp³-hybridized carbons (Fsp3) is 0.462. The van der Waals surface area contributed by atoms with E-state index in [9.17, 15) is 0 Å². The number of hydrogen-bond donors (Lipinski definition) is 1. The summed E-state index contributed by atoms with van der Waals surface area (Å²) >= 11 is 0. The van der Waals surface area contributed by atoms with Crippen molar-refractivity contribution in [2.24, 2.45) is 0 Å². The van der Waals surface area contributed by atoms with Crippen molar-refractivity contribution in [2.75, 3.05) is 0 Å². The van der Waals surface area contributed by atoms with Gasteiger partial charge in [-0.3, -0.25) is 5.32 Å². The Hall–Kier alpha value is -1.33. The maximum absolute atomic E-state index is 8.88. The zero-order valence-corrected chi connectivity index (χ0v) is 9.89. The van der Waals surface area contributed by atoms with Crippen LogP contribution in [-0.2, 0) is 6.54 Å². The lowest BCUT2D eigenvalue weighted by molar-refractivity contribution is 0.484. The quantitative estimate of drug-likeness (QED) is 0.818. The maximum Gasteiger partial charge on any atom is 0.101 e. The molecule has 0 bridgehead atoms. The zero-order chi connectivity index (χ0) is 11.5. The largest absolute Gasteiger partial charge is 0.296 e. The molecular weight excluding hydrogens is 184 g/mol. The van der Waals surface area contributed by atoms with Crippen molar-refractivity contribution >= 4 is 0 Å². The molecule has 2 heteroatoms. The highest BCUT2D eigenvalue weighted by atomic mass is 14.9. The van der Waals surface area contributed by atoms with Gasteiger partial charge in [-0.25, -0.2) is 0 Å². The van der Waals surface area contributed by atoms with Crippen LogP contribution in [0.4, 0.5) is 0 Å². The summed E-state index contributed by atoms with van der Waals surface area (Å²) in [4.78, 5) is 0. The van der Waals surface area contributed by atoms with Crippen LogP contribution < -0.4 is 5.32 Å². The van der Waals surface area contributed by atoms with Crippen LogP contribution in [0.3, 0.4) is 0 Å². The molecule has 1 N–H and O–H groups in total. The highest BCUT2D eigenvalue weighted by molar-refractivity contribution is 5.30. The highest BCUT2D eigenvalue weighted by Crippen LogP contribution is 2.11. The summed E-state index contributed by atoms with van der Waals surface area (Å²) in [6.07, 6.45) is 0. The molecule has 1 aromatic rings. The molecular formula is C13H18N2. The average Bonchev–Trinajstić information content (AvgIpc) is 2.20. The van der Waals surface area contributed by atoms with Gasteiger partial charge in [0.05, 0.1) is 6.07 Å². The van der Waals surface area contributed by atoms with Crippen molar-refractivity contribution in [3.8, 4) is 6.07 Å². The Morgan fingerprint density at radius 3 is 2.60 bits per heavy atom.